The third-order valence-electron chi connectivity index (χ3n) is 2.82. The Hall–Kier alpha value is -1.28. The van der Waals surface area contributed by atoms with Gasteiger partial charge in [0.05, 0.1) is 6.61 Å². The van der Waals surface area contributed by atoms with Crippen LogP contribution in [-0.4, -0.2) is 25.3 Å². The van der Waals surface area contributed by atoms with Crippen LogP contribution in [0.5, 0.6) is 0 Å². The summed E-state index contributed by atoms with van der Waals surface area (Å²) in [4.78, 5) is 2.07. The number of likely N-dealkylation sites (N-methyl/N-ethyl adjacent to an activating group) is 1. The Morgan fingerprint density at radius 1 is 1.40 bits per heavy atom. The number of nitrogens with zero attached hydrogens (tertiary/aromatic N) is 1. The van der Waals surface area contributed by atoms with Crippen LogP contribution in [-0.2, 0) is 12.8 Å². The van der Waals surface area contributed by atoms with Crippen LogP contribution >= 0.6 is 0 Å². The Balaban J connectivity index is 2.22. The number of hydrogen-bond donors (Lipinski definition) is 1. The molecule has 2 rings (SSSR count). The molecule has 0 heterocycles. The van der Waals surface area contributed by atoms with Crippen LogP contribution in [0.3, 0.4) is 0 Å². The third kappa shape index (κ3) is 2.21. The van der Waals surface area contributed by atoms with Gasteiger partial charge in [-0.2, -0.15) is 0 Å². The maximum atomic E-state index is 8.88. The van der Waals surface area contributed by atoms with E-state index in [0.717, 1.165) is 12.8 Å². The molecule has 1 aromatic rings. The van der Waals surface area contributed by atoms with E-state index in [2.05, 4.69) is 35.3 Å². The Labute approximate surface area is 90.8 Å². The zero-order chi connectivity index (χ0) is 10.7. The van der Waals surface area contributed by atoms with Crippen molar-refractivity contribution in [3.63, 3.8) is 0 Å². The van der Waals surface area contributed by atoms with Crippen LogP contribution in [0.2, 0.25) is 0 Å². The number of aliphatic hydroxyl groups excluding tert-OH is 1. The Morgan fingerprint density at radius 3 is 3.07 bits per heavy atom. The van der Waals surface area contributed by atoms with E-state index in [1.54, 1.807) is 0 Å². The van der Waals surface area contributed by atoms with Crippen molar-refractivity contribution in [3.05, 3.63) is 41.5 Å². The highest BCUT2D eigenvalue weighted by atomic mass is 16.3. The summed E-state index contributed by atoms with van der Waals surface area (Å²) < 4.78 is 0. The minimum absolute atomic E-state index is 0.196. The molecule has 1 aromatic carbocycles. The van der Waals surface area contributed by atoms with Crippen molar-refractivity contribution < 1.29 is 5.11 Å². The van der Waals surface area contributed by atoms with Gasteiger partial charge in [0.25, 0.3) is 0 Å². The van der Waals surface area contributed by atoms with E-state index in [-0.39, 0.29) is 6.61 Å². The molecule has 15 heavy (non-hydrogen) atoms. The van der Waals surface area contributed by atoms with Gasteiger partial charge in [-0.25, -0.2) is 0 Å². The fraction of sp³-hybridized carbons (Fsp3) is 0.385. The standard InChI is InChI=1S/C13H16NO/c1-14(8-9-15)13-7-6-11-4-2-3-5-12(11)10-13/h3,6-7,10,15H,4-5,8-9H2,1H3. The molecule has 0 bridgehead atoms. The molecule has 0 fully saturated rings. The van der Waals surface area contributed by atoms with E-state index < -0.39 is 0 Å². The van der Waals surface area contributed by atoms with Crippen molar-refractivity contribution in [3.8, 4) is 0 Å². The second-order valence-electron chi connectivity index (χ2n) is 3.89. The first-order chi connectivity index (χ1) is 7.31. The molecule has 0 saturated heterocycles. The minimum atomic E-state index is 0.196. The average Bonchev–Trinajstić information content (AvgIpc) is 2.29. The number of anilines is 1. The molecule has 0 unspecified atom stereocenters. The molecule has 0 spiro atoms. The molecular weight excluding hydrogens is 186 g/mol. The lowest BCUT2D eigenvalue weighted by molar-refractivity contribution is 0.304. The fourth-order valence-electron chi connectivity index (χ4n) is 1.86. The monoisotopic (exact) mass is 202 g/mol. The number of allylic oxidation sites excluding steroid dienone is 2. The number of fused-ring (bicyclic) bond motifs is 1. The highest BCUT2D eigenvalue weighted by Crippen LogP contribution is 2.22. The van der Waals surface area contributed by atoms with E-state index >= 15 is 0 Å². The number of hydrogen-bond acceptors (Lipinski definition) is 2. The zero-order valence-electron chi connectivity index (χ0n) is 9.03. The molecule has 0 amide bonds. The topological polar surface area (TPSA) is 23.5 Å². The maximum absolute atomic E-state index is 8.88. The second-order valence-corrected chi connectivity index (χ2v) is 3.89. The van der Waals surface area contributed by atoms with Crippen LogP contribution in [0.25, 0.3) is 0 Å². The predicted molar refractivity (Wildman–Crippen MR) is 62.0 cm³/mol. The van der Waals surface area contributed by atoms with Crippen LogP contribution in [0.4, 0.5) is 5.69 Å². The van der Waals surface area contributed by atoms with E-state index in [9.17, 15) is 0 Å². The van der Waals surface area contributed by atoms with Gasteiger partial charge < -0.3 is 10.0 Å². The highest BCUT2D eigenvalue weighted by Gasteiger charge is 2.07. The molecule has 79 valence electrons. The summed E-state index contributed by atoms with van der Waals surface area (Å²) in [5.74, 6) is 0. The molecule has 0 saturated carbocycles. The molecular formula is C13H16NO. The first-order valence-electron chi connectivity index (χ1n) is 5.30. The van der Waals surface area contributed by atoms with Gasteiger partial charge in [-0.15, -0.1) is 0 Å². The van der Waals surface area contributed by atoms with Crippen molar-refractivity contribution in [1.82, 2.24) is 0 Å². The molecule has 1 N–H and O–H groups in total. The lowest BCUT2D eigenvalue weighted by Crippen LogP contribution is -2.21. The van der Waals surface area contributed by atoms with Gasteiger partial charge in [0.2, 0.25) is 0 Å². The number of rotatable bonds is 3. The van der Waals surface area contributed by atoms with E-state index in [1.807, 2.05) is 7.05 Å². The SMILES string of the molecule is CN(CCO)c1ccc2c(c1)CC=[C]C2. The van der Waals surface area contributed by atoms with Gasteiger partial charge in [0, 0.05) is 19.3 Å². The van der Waals surface area contributed by atoms with Gasteiger partial charge in [0.15, 0.2) is 0 Å². The van der Waals surface area contributed by atoms with Crippen molar-refractivity contribution in [2.24, 2.45) is 0 Å². The minimum Gasteiger partial charge on any atom is -0.395 e. The van der Waals surface area contributed by atoms with Crippen LogP contribution in [0.15, 0.2) is 24.3 Å². The van der Waals surface area contributed by atoms with Crippen LogP contribution < -0.4 is 4.90 Å². The van der Waals surface area contributed by atoms with E-state index in [0.29, 0.717) is 6.54 Å². The Morgan fingerprint density at radius 2 is 2.27 bits per heavy atom. The summed E-state index contributed by atoms with van der Waals surface area (Å²) in [7, 11) is 2.00. The number of aliphatic hydroxyl groups is 1. The number of benzene rings is 1. The second kappa shape index (κ2) is 4.49. The lowest BCUT2D eigenvalue weighted by Gasteiger charge is -2.20. The summed E-state index contributed by atoms with van der Waals surface area (Å²) in [6, 6.07) is 6.49. The first kappa shape index (κ1) is 10.2. The molecule has 0 aliphatic heterocycles. The van der Waals surface area contributed by atoms with Gasteiger partial charge in [0.1, 0.15) is 0 Å². The highest BCUT2D eigenvalue weighted by molar-refractivity contribution is 5.51. The molecule has 0 atom stereocenters. The smallest absolute Gasteiger partial charge is 0.0606 e. The van der Waals surface area contributed by atoms with Gasteiger partial charge in [-0.05, 0) is 42.2 Å². The maximum Gasteiger partial charge on any atom is 0.0606 e. The van der Waals surface area contributed by atoms with E-state index in [4.69, 9.17) is 5.11 Å². The molecule has 2 heteroatoms. The molecule has 1 aliphatic carbocycles. The van der Waals surface area contributed by atoms with E-state index in [1.165, 1.54) is 16.8 Å². The molecule has 1 radical (unpaired) electrons. The zero-order valence-corrected chi connectivity index (χ0v) is 9.03. The van der Waals surface area contributed by atoms with Gasteiger partial charge in [-0.3, -0.25) is 0 Å². The van der Waals surface area contributed by atoms with Crippen molar-refractivity contribution in [1.29, 1.82) is 0 Å². The first-order valence-corrected chi connectivity index (χ1v) is 5.30. The van der Waals surface area contributed by atoms with Crippen LogP contribution in [0, 0.1) is 6.08 Å². The van der Waals surface area contributed by atoms with Crippen LogP contribution in [0.1, 0.15) is 11.1 Å². The summed E-state index contributed by atoms with van der Waals surface area (Å²) in [5.41, 5.74) is 3.94. The normalized spacial score (nSPS) is 13.7. The van der Waals surface area contributed by atoms with Crippen molar-refractivity contribution >= 4 is 5.69 Å². The Bertz CT molecular complexity index is 371. The molecule has 0 aromatic heterocycles. The average molecular weight is 202 g/mol. The summed E-state index contributed by atoms with van der Waals surface area (Å²) >= 11 is 0. The lowest BCUT2D eigenvalue weighted by atomic mass is 9.96. The summed E-state index contributed by atoms with van der Waals surface area (Å²) in [6.45, 7) is 0.877. The summed E-state index contributed by atoms with van der Waals surface area (Å²) in [6.07, 6.45) is 7.24. The Kier molecular flexibility index (Phi) is 3.07. The largest absolute Gasteiger partial charge is 0.395 e. The summed E-state index contributed by atoms with van der Waals surface area (Å²) in [5, 5.41) is 8.88. The fourth-order valence-corrected chi connectivity index (χ4v) is 1.86. The van der Waals surface area contributed by atoms with Gasteiger partial charge >= 0.3 is 0 Å². The van der Waals surface area contributed by atoms with Crippen molar-refractivity contribution in [2.75, 3.05) is 25.1 Å². The predicted octanol–water partition coefficient (Wildman–Crippen LogP) is 1.57. The quantitative estimate of drug-likeness (QED) is 0.804. The molecule has 2 nitrogen and oxygen atoms in total. The van der Waals surface area contributed by atoms with Gasteiger partial charge in [-0.1, -0.05) is 12.1 Å². The third-order valence-corrected chi connectivity index (χ3v) is 2.82. The molecule has 1 aliphatic rings. The van der Waals surface area contributed by atoms with Crippen molar-refractivity contribution in [2.45, 2.75) is 12.8 Å².